The maximum Gasteiger partial charge on any atom is 0.488 e. The summed E-state index contributed by atoms with van der Waals surface area (Å²) < 4.78 is 91.6. The topological polar surface area (TPSA) is 204 Å². The van der Waals surface area contributed by atoms with Crippen molar-refractivity contribution in [2.24, 2.45) is 21.5 Å². The molecule has 10 rings (SSSR count). The van der Waals surface area contributed by atoms with Crippen LogP contribution in [0.5, 0.6) is 11.5 Å². The third-order valence-electron chi connectivity index (χ3n) is 12.3. The molecule has 2 amide bonds. The first-order valence-electron chi connectivity index (χ1n) is 22.3. The molecular formula is C52H40BBrF6N8O6. The van der Waals surface area contributed by atoms with Crippen LogP contribution in [0.15, 0.2) is 160 Å². The van der Waals surface area contributed by atoms with Crippen molar-refractivity contribution in [2.75, 3.05) is 13.1 Å². The van der Waals surface area contributed by atoms with Crippen LogP contribution in [0, 0.1) is 17.9 Å². The van der Waals surface area contributed by atoms with Crippen molar-refractivity contribution < 1.29 is 55.5 Å². The first kappa shape index (κ1) is 52.2. The SMILES string of the molecule is N#Cc1cccc(B(O)O)c1.NC1=NC2(CC(c3ccccc3)Oc3ccc(Br)cc32)C(=O)N1CC(F)(F)F.[C-]#[N+]c1cccc(-c2ccc3c(c2)C2(CC(c4ccccc4)O3)N=C(N)N(CC(F)(F)F)C2=O)c1. The van der Waals surface area contributed by atoms with Gasteiger partial charge >= 0.3 is 19.5 Å². The molecule has 14 nitrogen and oxygen atoms in total. The lowest BCUT2D eigenvalue weighted by Crippen LogP contribution is -2.48. The summed E-state index contributed by atoms with van der Waals surface area (Å²) in [5, 5.41) is 25.8. The second-order valence-electron chi connectivity index (χ2n) is 17.2. The van der Waals surface area contributed by atoms with E-state index >= 15 is 0 Å². The van der Waals surface area contributed by atoms with E-state index in [-0.39, 0.29) is 12.8 Å². The molecule has 0 aromatic heterocycles. The number of rotatable bonds is 6. The summed E-state index contributed by atoms with van der Waals surface area (Å²) in [6, 6.07) is 43.5. The van der Waals surface area contributed by atoms with Crippen LogP contribution < -0.4 is 26.4 Å². The molecule has 6 N–H and O–H groups in total. The van der Waals surface area contributed by atoms with E-state index < -0.39 is 79.6 Å². The van der Waals surface area contributed by atoms with E-state index in [1.165, 1.54) is 6.07 Å². The zero-order valence-electron chi connectivity index (χ0n) is 38.4. The van der Waals surface area contributed by atoms with E-state index in [9.17, 15) is 35.9 Å². The van der Waals surface area contributed by atoms with Crippen molar-refractivity contribution >= 4 is 57.9 Å². The predicted octanol–water partition coefficient (Wildman–Crippen LogP) is 8.47. The van der Waals surface area contributed by atoms with Gasteiger partial charge in [0.2, 0.25) is 0 Å². The Bertz CT molecular complexity index is 3260. The molecule has 4 atom stereocenters. The number of nitrogens with zero attached hydrogens (tertiary/aromatic N) is 6. The van der Waals surface area contributed by atoms with Crippen molar-refractivity contribution in [3.8, 4) is 28.7 Å². The minimum atomic E-state index is -4.64. The highest BCUT2D eigenvalue weighted by Gasteiger charge is 2.58. The van der Waals surface area contributed by atoms with E-state index in [2.05, 4.69) is 30.8 Å². The van der Waals surface area contributed by atoms with Gasteiger partial charge < -0.3 is 31.0 Å². The summed E-state index contributed by atoms with van der Waals surface area (Å²) in [6.45, 7) is 4.25. The number of hydrogen-bond donors (Lipinski definition) is 4. The van der Waals surface area contributed by atoms with Gasteiger partial charge in [0.25, 0.3) is 11.8 Å². The first-order chi connectivity index (χ1) is 35.1. The molecule has 6 aromatic rings. The number of halogens is 7. The molecule has 4 heterocycles. The van der Waals surface area contributed by atoms with Gasteiger partial charge in [-0.05, 0) is 76.2 Å². The summed E-state index contributed by atoms with van der Waals surface area (Å²) >= 11 is 3.34. The number of benzene rings is 6. The smallest absolute Gasteiger partial charge is 0.485 e. The van der Waals surface area contributed by atoms with E-state index in [0.29, 0.717) is 59.2 Å². The van der Waals surface area contributed by atoms with Crippen LogP contribution in [0.2, 0.25) is 0 Å². The number of ether oxygens (including phenoxy) is 2. The fourth-order valence-electron chi connectivity index (χ4n) is 8.98. The highest BCUT2D eigenvalue weighted by atomic mass is 79.9. The average Bonchev–Trinajstić information content (AvgIpc) is 3.75. The fraction of sp³-hybridized carbons (Fsp3) is 0.192. The molecule has 2 spiro atoms. The highest BCUT2D eigenvalue weighted by molar-refractivity contribution is 9.10. The summed E-state index contributed by atoms with van der Waals surface area (Å²) in [6.07, 6.45) is -10.4. The number of fused-ring (bicyclic) bond motifs is 4. The molecule has 4 aliphatic rings. The second kappa shape index (κ2) is 20.7. The minimum Gasteiger partial charge on any atom is -0.485 e. The number of nitriles is 1. The summed E-state index contributed by atoms with van der Waals surface area (Å²) in [4.78, 5) is 39.8. The Balaban J connectivity index is 0.000000166. The van der Waals surface area contributed by atoms with Crippen LogP contribution in [-0.2, 0) is 20.7 Å². The quantitative estimate of drug-likeness (QED) is 0.0717. The van der Waals surface area contributed by atoms with Crippen molar-refractivity contribution in [1.29, 1.82) is 5.26 Å². The number of aliphatic imine (C=N–C) groups is 2. The van der Waals surface area contributed by atoms with Gasteiger partial charge in [-0.3, -0.25) is 19.4 Å². The maximum atomic E-state index is 13.6. The van der Waals surface area contributed by atoms with Gasteiger partial charge in [-0.15, -0.1) is 0 Å². The lowest BCUT2D eigenvalue weighted by atomic mass is 9.79. The molecule has 0 bridgehead atoms. The molecule has 376 valence electrons. The fourth-order valence-corrected chi connectivity index (χ4v) is 9.35. The number of alkyl halides is 6. The Hall–Kier alpha value is -8.18. The van der Waals surface area contributed by atoms with Crippen LogP contribution in [0.3, 0.4) is 0 Å². The number of amides is 2. The second-order valence-corrected chi connectivity index (χ2v) is 18.2. The van der Waals surface area contributed by atoms with Gasteiger partial charge in [-0.1, -0.05) is 113 Å². The zero-order valence-corrected chi connectivity index (χ0v) is 40.0. The number of nitrogens with two attached hydrogens (primary N) is 2. The van der Waals surface area contributed by atoms with E-state index in [1.54, 1.807) is 72.8 Å². The summed E-state index contributed by atoms with van der Waals surface area (Å²) in [7, 11) is -1.50. The highest BCUT2D eigenvalue weighted by Crippen LogP contribution is 2.52. The summed E-state index contributed by atoms with van der Waals surface area (Å²) in [5.41, 5.74) is 13.3. The predicted molar refractivity (Wildman–Crippen MR) is 264 cm³/mol. The Kier molecular flexibility index (Phi) is 14.6. The molecule has 74 heavy (non-hydrogen) atoms. The van der Waals surface area contributed by atoms with Gasteiger partial charge in [0, 0.05) is 28.4 Å². The molecule has 0 saturated heterocycles. The Morgan fingerprint density at radius 2 is 1.18 bits per heavy atom. The first-order valence-corrected chi connectivity index (χ1v) is 23.1. The molecule has 0 aliphatic carbocycles. The molecule has 4 aliphatic heterocycles. The van der Waals surface area contributed by atoms with Crippen molar-refractivity contribution in [2.45, 2.75) is 48.5 Å². The summed E-state index contributed by atoms with van der Waals surface area (Å²) in [5.74, 6) is -1.83. The van der Waals surface area contributed by atoms with E-state index in [0.717, 1.165) is 16.7 Å². The minimum absolute atomic E-state index is 0.0105. The van der Waals surface area contributed by atoms with Gasteiger partial charge in [-0.25, -0.2) is 14.8 Å². The number of carbonyl (C=O) groups is 2. The van der Waals surface area contributed by atoms with Crippen LogP contribution in [0.25, 0.3) is 16.0 Å². The van der Waals surface area contributed by atoms with Gasteiger partial charge in [0.15, 0.2) is 28.7 Å². The molecule has 6 aromatic carbocycles. The zero-order chi connectivity index (χ0) is 53.2. The number of carbonyl (C=O) groups excluding carboxylic acids is 2. The molecule has 0 saturated carbocycles. The van der Waals surface area contributed by atoms with E-state index in [4.69, 9.17) is 42.8 Å². The van der Waals surface area contributed by atoms with E-state index in [1.807, 2.05) is 72.8 Å². The Morgan fingerprint density at radius 1 is 0.689 bits per heavy atom. The Labute approximate surface area is 427 Å². The molecule has 0 fully saturated rings. The normalized spacial score (nSPS) is 20.5. The molecular weight excluding hydrogens is 1040 g/mol. The maximum absolute atomic E-state index is 13.6. The van der Waals surface area contributed by atoms with Crippen molar-refractivity contribution in [3.63, 3.8) is 0 Å². The lowest BCUT2D eigenvalue weighted by Gasteiger charge is -2.37. The van der Waals surface area contributed by atoms with Crippen LogP contribution in [-0.4, -0.2) is 76.1 Å². The third-order valence-corrected chi connectivity index (χ3v) is 12.8. The van der Waals surface area contributed by atoms with Gasteiger partial charge in [-0.2, -0.15) is 31.6 Å². The van der Waals surface area contributed by atoms with Gasteiger partial charge in [0.05, 0.1) is 18.2 Å². The molecule has 4 unspecified atom stereocenters. The number of hydrogen-bond acceptors (Lipinski definition) is 11. The standard InChI is InChI=1S/C26H19F3N4O2.C19H15BrF3N3O2.C7H6BNO2/c1-31-19-9-5-8-17(12-19)18-10-11-21-20(13-18)25(14-22(35-21)16-6-3-2-4-7-16)23(34)33(24(30)32-25)15-26(27,28)29;20-12-6-7-14-13(8-12)18(9-15(28-14)11-4-2-1-3-5-11)16(27)26(17(24)25-18)10-19(21,22)23;9-5-6-2-1-3-7(4-6)8(10)11/h2-13,22H,14-15H2,(H2,30,32);1-8,15H,9-10H2,(H2,24,25);1-4,10-11H. The molecule has 22 heteroatoms. The van der Waals surface area contributed by atoms with Crippen molar-refractivity contribution in [1.82, 2.24) is 9.80 Å². The van der Waals surface area contributed by atoms with Crippen LogP contribution in [0.4, 0.5) is 32.0 Å². The van der Waals surface area contributed by atoms with Crippen LogP contribution in [0.1, 0.15) is 52.9 Å². The van der Waals surface area contributed by atoms with Crippen LogP contribution >= 0.6 is 15.9 Å². The number of guanidine groups is 2. The average molecular weight is 1080 g/mol. The Morgan fingerprint density at radius 3 is 1.66 bits per heavy atom. The monoisotopic (exact) mass is 1080 g/mol. The van der Waals surface area contributed by atoms with Crippen molar-refractivity contribution in [3.05, 3.63) is 189 Å². The lowest BCUT2D eigenvalue weighted by molar-refractivity contribution is -0.155. The third kappa shape index (κ3) is 10.9. The molecule has 0 radical (unpaired) electrons. The largest absolute Gasteiger partial charge is 0.488 e. The van der Waals surface area contributed by atoms with Gasteiger partial charge in [0.1, 0.15) is 36.8 Å².